The second kappa shape index (κ2) is 10.9. The van der Waals surface area contributed by atoms with Crippen molar-refractivity contribution in [2.75, 3.05) is 0 Å². The molecule has 1 aliphatic heterocycles. The van der Waals surface area contributed by atoms with Gasteiger partial charge in [-0.3, -0.25) is 4.79 Å². The van der Waals surface area contributed by atoms with Crippen molar-refractivity contribution in [2.24, 2.45) is 0 Å². The van der Waals surface area contributed by atoms with Crippen LogP contribution in [0.1, 0.15) is 30.4 Å². The topological polar surface area (TPSA) is 118 Å². The van der Waals surface area contributed by atoms with Crippen LogP contribution in [0.25, 0.3) is 11.4 Å². The third-order valence-electron chi connectivity index (χ3n) is 6.14. The van der Waals surface area contributed by atoms with Gasteiger partial charge < -0.3 is 5.32 Å². The zero-order valence-electron chi connectivity index (χ0n) is 20.6. The van der Waals surface area contributed by atoms with Crippen LogP contribution < -0.4 is 5.32 Å². The van der Waals surface area contributed by atoms with Gasteiger partial charge in [0.15, 0.2) is 5.82 Å². The lowest BCUT2D eigenvalue weighted by molar-refractivity contribution is -0.145. The number of hydrogen-bond acceptors (Lipinski definition) is 7. The van der Waals surface area contributed by atoms with E-state index < -0.39 is 93.1 Å². The highest BCUT2D eigenvalue weighted by molar-refractivity contribution is 7.89. The van der Waals surface area contributed by atoms with E-state index in [4.69, 9.17) is 0 Å². The Balaban J connectivity index is 1.61. The molecule has 0 saturated carbocycles. The Hall–Kier alpha value is -3.80. The first-order chi connectivity index (χ1) is 19.0. The standard InChI is InChI=1S/C23H18F8N6O3S/c1-11-16(25)6-18(37(11)41(39,40)14-4-2-13(24)3-5-14)20(38)33-10-17-15(22(26,27)28)9-32-19(36-17)12-7-34-21(35-8-12)23(29,30)31/h2-5,7-9,11,16,18H,6,10H2,1H3,(H,33,38)/t11-,16+,18-/m0/s1. The minimum atomic E-state index is -5.01. The average molecular weight is 610 g/mol. The number of sulfonamides is 1. The Bertz CT molecular complexity index is 1530. The molecule has 41 heavy (non-hydrogen) atoms. The van der Waals surface area contributed by atoms with Crippen LogP contribution in [-0.2, 0) is 33.7 Å². The molecular weight excluding hydrogens is 592 g/mol. The zero-order chi connectivity index (χ0) is 30.3. The molecule has 9 nitrogen and oxygen atoms in total. The third kappa shape index (κ3) is 6.27. The van der Waals surface area contributed by atoms with Gasteiger partial charge in [-0.25, -0.2) is 37.1 Å². The predicted molar refractivity (Wildman–Crippen MR) is 123 cm³/mol. The summed E-state index contributed by atoms with van der Waals surface area (Å²) in [5.74, 6) is -3.88. The van der Waals surface area contributed by atoms with E-state index in [1.807, 2.05) is 0 Å². The molecule has 0 bridgehead atoms. The van der Waals surface area contributed by atoms with Crippen LogP contribution in [0.5, 0.6) is 0 Å². The van der Waals surface area contributed by atoms with E-state index in [0.29, 0.717) is 22.9 Å². The van der Waals surface area contributed by atoms with E-state index in [-0.39, 0.29) is 5.56 Å². The summed E-state index contributed by atoms with van der Waals surface area (Å²) in [5, 5.41) is 2.12. The van der Waals surface area contributed by atoms with Crippen molar-refractivity contribution in [1.82, 2.24) is 29.6 Å². The lowest BCUT2D eigenvalue weighted by Gasteiger charge is -2.27. The highest BCUT2D eigenvalue weighted by atomic mass is 32.2. The van der Waals surface area contributed by atoms with Crippen LogP contribution in [0, 0.1) is 5.82 Å². The molecule has 1 fully saturated rings. The number of nitrogens with zero attached hydrogens (tertiary/aromatic N) is 5. The first-order valence-corrected chi connectivity index (χ1v) is 13.0. The molecule has 0 unspecified atom stereocenters. The number of hydrogen-bond donors (Lipinski definition) is 1. The Morgan fingerprint density at radius 2 is 1.61 bits per heavy atom. The lowest BCUT2D eigenvalue weighted by Crippen LogP contribution is -2.48. The van der Waals surface area contributed by atoms with Gasteiger partial charge in [-0.05, 0) is 31.2 Å². The van der Waals surface area contributed by atoms with Crippen molar-refractivity contribution < 1.29 is 48.3 Å². The monoisotopic (exact) mass is 610 g/mol. The number of nitrogens with one attached hydrogen (secondary N) is 1. The van der Waals surface area contributed by atoms with Gasteiger partial charge in [0.2, 0.25) is 21.8 Å². The smallest absolute Gasteiger partial charge is 0.349 e. The Morgan fingerprint density at radius 1 is 1.00 bits per heavy atom. The van der Waals surface area contributed by atoms with Crippen molar-refractivity contribution in [3.8, 4) is 11.4 Å². The van der Waals surface area contributed by atoms with E-state index in [1.165, 1.54) is 6.92 Å². The number of benzene rings is 1. The number of aromatic nitrogens is 4. The van der Waals surface area contributed by atoms with Gasteiger partial charge >= 0.3 is 12.4 Å². The third-order valence-corrected chi connectivity index (χ3v) is 8.15. The molecule has 1 aromatic carbocycles. The molecular formula is C23H18F8N6O3S. The fraction of sp³-hybridized carbons (Fsp3) is 0.348. The van der Waals surface area contributed by atoms with E-state index in [9.17, 15) is 48.3 Å². The maximum absolute atomic E-state index is 14.6. The van der Waals surface area contributed by atoms with Gasteiger partial charge in [0.1, 0.15) is 18.0 Å². The molecule has 3 aromatic rings. The largest absolute Gasteiger partial charge is 0.451 e. The van der Waals surface area contributed by atoms with Gasteiger partial charge in [0, 0.05) is 25.0 Å². The summed E-state index contributed by atoms with van der Waals surface area (Å²) in [5.41, 5.74) is -2.47. The van der Waals surface area contributed by atoms with Crippen molar-refractivity contribution in [1.29, 1.82) is 0 Å². The second-order valence-corrected chi connectivity index (χ2v) is 10.7. The van der Waals surface area contributed by atoms with Crippen LogP contribution in [0.3, 0.4) is 0 Å². The number of carbonyl (C=O) groups excluding carboxylic acids is 1. The van der Waals surface area contributed by atoms with Gasteiger partial charge in [0.05, 0.1) is 34.3 Å². The molecule has 1 N–H and O–H groups in total. The zero-order valence-corrected chi connectivity index (χ0v) is 21.4. The Labute approximate surface area is 226 Å². The second-order valence-electron chi connectivity index (χ2n) is 8.86. The summed E-state index contributed by atoms with van der Waals surface area (Å²) >= 11 is 0. The number of amides is 1. The maximum Gasteiger partial charge on any atom is 0.451 e. The van der Waals surface area contributed by atoms with E-state index in [2.05, 4.69) is 25.3 Å². The highest BCUT2D eigenvalue weighted by Crippen LogP contribution is 2.35. The van der Waals surface area contributed by atoms with Gasteiger partial charge in [-0.15, -0.1) is 0 Å². The minimum absolute atomic E-state index is 0.263. The minimum Gasteiger partial charge on any atom is -0.349 e. The molecule has 220 valence electrons. The van der Waals surface area contributed by atoms with Gasteiger partial charge in [-0.1, -0.05) is 0 Å². The first-order valence-electron chi connectivity index (χ1n) is 11.5. The number of carbonyl (C=O) groups is 1. The molecule has 3 heterocycles. The quantitative estimate of drug-likeness (QED) is 0.421. The SMILES string of the molecule is C[C@H]1[C@H](F)C[C@@H](C(=O)NCc2nc(-c3cnc(C(F)(F)F)nc3)ncc2C(F)(F)F)N1S(=O)(=O)c1ccc(F)cc1. The van der Waals surface area contributed by atoms with Gasteiger partial charge in [-0.2, -0.15) is 30.6 Å². The van der Waals surface area contributed by atoms with Gasteiger partial charge in [0.25, 0.3) is 0 Å². The summed E-state index contributed by atoms with van der Waals surface area (Å²) in [6.07, 6.45) is -10.7. The summed E-state index contributed by atoms with van der Waals surface area (Å²) < 4.78 is 134. The molecule has 3 atom stereocenters. The predicted octanol–water partition coefficient (Wildman–Crippen LogP) is 3.92. The molecule has 1 saturated heterocycles. The fourth-order valence-corrected chi connectivity index (χ4v) is 5.91. The number of rotatable bonds is 6. The summed E-state index contributed by atoms with van der Waals surface area (Å²) in [6, 6.07) is 0.526. The molecule has 1 aliphatic rings. The average Bonchev–Trinajstić information content (AvgIpc) is 3.21. The van der Waals surface area contributed by atoms with E-state index in [1.54, 1.807) is 0 Å². The molecule has 18 heteroatoms. The summed E-state index contributed by atoms with van der Waals surface area (Å²) in [7, 11) is -4.54. The first kappa shape index (κ1) is 30.2. The van der Waals surface area contributed by atoms with Crippen molar-refractivity contribution in [3.05, 3.63) is 65.8 Å². The van der Waals surface area contributed by atoms with Crippen LogP contribution in [0.15, 0.2) is 47.8 Å². The number of alkyl halides is 7. The maximum atomic E-state index is 14.6. The highest BCUT2D eigenvalue weighted by Gasteiger charge is 2.49. The molecule has 0 aliphatic carbocycles. The van der Waals surface area contributed by atoms with Crippen molar-refractivity contribution in [2.45, 2.75) is 55.4 Å². The molecule has 0 radical (unpaired) electrons. The van der Waals surface area contributed by atoms with E-state index in [0.717, 1.165) is 24.3 Å². The van der Waals surface area contributed by atoms with E-state index >= 15 is 0 Å². The summed E-state index contributed by atoms with van der Waals surface area (Å²) in [4.78, 5) is 26.0. The number of halogens is 8. The Morgan fingerprint density at radius 3 is 2.17 bits per heavy atom. The van der Waals surface area contributed by atoms with Crippen molar-refractivity contribution in [3.63, 3.8) is 0 Å². The molecule has 0 spiro atoms. The molecule has 1 amide bonds. The summed E-state index contributed by atoms with van der Waals surface area (Å²) in [6.45, 7) is 0.264. The molecule has 2 aromatic heterocycles. The van der Waals surface area contributed by atoms with Crippen LogP contribution in [0.2, 0.25) is 0 Å². The van der Waals surface area contributed by atoms with Crippen LogP contribution in [0.4, 0.5) is 35.1 Å². The van der Waals surface area contributed by atoms with Crippen LogP contribution >= 0.6 is 0 Å². The lowest BCUT2D eigenvalue weighted by atomic mass is 10.1. The normalized spacial score (nSPS) is 20.3. The fourth-order valence-electron chi connectivity index (χ4n) is 4.10. The Kier molecular flexibility index (Phi) is 8.01. The van der Waals surface area contributed by atoms with Crippen molar-refractivity contribution >= 4 is 15.9 Å². The molecule has 4 rings (SSSR count). The van der Waals surface area contributed by atoms with Crippen LogP contribution in [-0.4, -0.2) is 56.8 Å².